The van der Waals surface area contributed by atoms with E-state index in [1.165, 1.54) is 66.6 Å². The summed E-state index contributed by atoms with van der Waals surface area (Å²) in [6, 6.07) is 40.3. The van der Waals surface area contributed by atoms with Crippen LogP contribution in [-0.4, -0.2) is 112 Å². The summed E-state index contributed by atoms with van der Waals surface area (Å²) in [6.07, 6.45) is 27.7. The number of hydrogen-bond donors (Lipinski definition) is 0. The second kappa shape index (κ2) is 27.8. The van der Waals surface area contributed by atoms with Crippen LogP contribution in [-0.2, 0) is 6.42 Å². The van der Waals surface area contributed by atoms with E-state index in [0.29, 0.717) is 62.9 Å². The highest BCUT2D eigenvalue weighted by atomic mass is 35.5. The van der Waals surface area contributed by atoms with Crippen LogP contribution in [0.5, 0.6) is 11.6 Å². The van der Waals surface area contributed by atoms with Crippen molar-refractivity contribution in [1.29, 1.82) is 0 Å². The molecule has 0 amide bonds. The van der Waals surface area contributed by atoms with E-state index in [-0.39, 0.29) is 5.82 Å². The maximum absolute atomic E-state index is 14.8. The fourth-order valence-corrected chi connectivity index (χ4v) is 13.3. The third-order valence-corrected chi connectivity index (χ3v) is 18.1. The summed E-state index contributed by atoms with van der Waals surface area (Å²) >= 11 is 12.4. The predicted octanol–water partition coefficient (Wildman–Crippen LogP) is 17.2. The molecule has 14 aromatic rings. The first-order valence-electron chi connectivity index (χ1n) is 31.9. The summed E-state index contributed by atoms with van der Waals surface area (Å²) in [6.45, 7) is 7.51. The maximum Gasteiger partial charge on any atom is 0.222 e. The minimum absolute atomic E-state index is 0.317. The quantitative estimate of drug-likeness (QED) is 0.101. The Balaban J connectivity index is 0.000000121. The Morgan fingerprint density at radius 3 is 1.58 bits per heavy atom. The fourth-order valence-electron chi connectivity index (χ4n) is 13.0. The molecule has 19 heteroatoms. The van der Waals surface area contributed by atoms with Crippen molar-refractivity contribution < 1.29 is 22.7 Å². The number of allylic oxidation sites excluding steroid dienone is 1. The van der Waals surface area contributed by atoms with Gasteiger partial charge in [0.15, 0.2) is 22.7 Å². The van der Waals surface area contributed by atoms with E-state index in [1.807, 2.05) is 97.5 Å². The normalized spacial score (nSPS) is 13.8. The van der Waals surface area contributed by atoms with Gasteiger partial charge in [0.1, 0.15) is 36.3 Å². The van der Waals surface area contributed by atoms with E-state index in [9.17, 15) is 8.78 Å². The number of nitrogens with zero attached hydrogens (tertiary/aromatic N) is 12. The van der Waals surface area contributed by atoms with Crippen LogP contribution in [0.4, 0.5) is 8.78 Å². The lowest BCUT2D eigenvalue weighted by molar-refractivity contribution is 0.234. The highest BCUT2D eigenvalue weighted by Gasteiger charge is 2.23. The smallest absolute Gasteiger partial charge is 0.222 e. The molecule has 11 aromatic heterocycles. The van der Waals surface area contributed by atoms with Gasteiger partial charge in [0.25, 0.3) is 0 Å². The number of pyridine rings is 10. The van der Waals surface area contributed by atoms with Crippen LogP contribution in [0.15, 0.2) is 212 Å². The molecule has 2 fully saturated rings. The van der Waals surface area contributed by atoms with Crippen molar-refractivity contribution in [1.82, 2.24) is 59.6 Å². The minimum atomic E-state index is -0.401. The van der Waals surface area contributed by atoms with E-state index in [2.05, 4.69) is 83.9 Å². The summed E-state index contributed by atoms with van der Waals surface area (Å²) in [5.74, 6) is 1.32. The summed E-state index contributed by atoms with van der Waals surface area (Å²) in [7, 11) is 0. The molecular formula is C77H60Cl2F2N12O3. The van der Waals surface area contributed by atoms with Gasteiger partial charge in [0, 0.05) is 123 Å². The maximum atomic E-state index is 14.8. The van der Waals surface area contributed by atoms with E-state index >= 15 is 0 Å². The molecule has 2 saturated heterocycles. The molecule has 0 radical (unpaired) electrons. The Morgan fingerprint density at radius 1 is 0.427 bits per heavy atom. The largest absolute Gasteiger partial charge is 0.492 e. The van der Waals surface area contributed by atoms with E-state index in [0.717, 1.165) is 134 Å². The molecule has 15 nitrogen and oxygen atoms in total. The number of halogens is 4. The van der Waals surface area contributed by atoms with Crippen LogP contribution < -0.4 is 9.47 Å². The molecule has 17 rings (SSSR count). The summed E-state index contributed by atoms with van der Waals surface area (Å²) in [5, 5.41) is 7.33. The first-order valence-corrected chi connectivity index (χ1v) is 32.7. The second-order valence-electron chi connectivity index (χ2n) is 23.6. The second-order valence-corrected chi connectivity index (χ2v) is 24.5. The highest BCUT2D eigenvalue weighted by molar-refractivity contribution is 6.31. The Bertz CT molecular complexity index is 5010. The van der Waals surface area contributed by atoms with Crippen LogP contribution in [0, 0.1) is 11.6 Å². The molecule has 13 heterocycles. The Labute approximate surface area is 561 Å². The summed E-state index contributed by atoms with van der Waals surface area (Å²) in [4.78, 5) is 49.8. The van der Waals surface area contributed by atoms with Gasteiger partial charge in [0.2, 0.25) is 5.88 Å². The van der Waals surface area contributed by atoms with Crippen molar-refractivity contribution in [3.8, 4) is 67.9 Å². The van der Waals surface area contributed by atoms with Gasteiger partial charge in [-0.2, -0.15) is 0 Å². The standard InChI is InChI=1S/C29H24ClFN4O.C28H23ClFN5O.C20H13N3O/c30-19-5-7-26(31)24(16-19)27-17-23(22-4-3-10-33-29(22)34-27)20-6-8-28(25-18-32-11-9-21(20)25)36-15-14-35-12-1-2-13-35;29-18-5-6-25(30)22(14-18)26-15-21(20-4-3-8-32-27(20)34-26)23-17-33-28(24-16-31-9-7-19(23)24)36-13-12-35-10-1-2-11-35;1-3-16-17(15-6-5-13-12-21-9-7-14(13)15)11-18(19-4-2-10-24-19)23-20(16)22-8-1/h3-11,16-18H,1-2,12-15H2;3-9,14-17H,1-2,10-13H2;1-4,6-12H,5H2. The topological polar surface area (TPSA) is 167 Å². The van der Waals surface area contributed by atoms with Gasteiger partial charge in [0.05, 0.1) is 23.0 Å². The van der Waals surface area contributed by atoms with Gasteiger partial charge in [-0.05, 0) is 235 Å². The van der Waals surface area contributed by atoms with Crippen LogP contribution in [0.25, 0.3) is 116 Å². The number of hydrogen-bond acceptors (Lipinski definition) is 15. The zero-order valence-electron chi connectivity index (χ0n) is 51.9. The Kier molecular flexibility index (Phi) is 17.8. The van der Waals surface area contributed by atoms with Crippen LogP contribution in [0.3, 0.4) is 0 Å². The molecule has 0 unspecified atom stereocenters. The molecule has 96 heavy (non-hydrogen) atoms. The average Bonchev–Trinajstić information content (AvgIpc) is 0.813. The van der Waals surface area contributed by atoms with Crippen molar-refractivity contribution in [2.45, 2.75) is 32.1 Å². The van der Waals surface area contributed by atoms with Gasteiger partial charge in [-0.3, -0.25) is 24.8 Å². The van der Waals surface area contributed by atoms with Crippen molar-refractivity contribution in [3.63, 3.8) is 0 Å². The lowest BCUT2D eigenvalue weighted by atomic mass is 9.95. The van der Waals surface area contributed by atoms with Crippen LogP contribution in [0.2, 0.25) is 10.0 Å². The zero-order valence-corrected chi connectivity index (χ0v) is 53.4. The average molecular weight is 1310 g/mol. The Hall–Kier alpha value is -10.6. The minimum Gasteiger partial charge on any atom is -0.492 e. The molecule has 3 aliphatic rings. The van der Waals surface area contributed by atoms with Gasteiger partial charge in [-0.1, -0.05) is 35.3 Å². The van der Waals surface area contributed by atoms with Crippen LogP contribution >= 0.6 is 23.2 Å². The molecule has 474 valence electrons. The van der Waals surface area contributed by atoms with Crippen LogP contribution in [0.1, 0.15) is 42.4 Å². The first-order chi connectivity index (χ1) is 47.2. The molecular weight excluding hydrogens is 1250 g/mol. The molecule has 0 spiro atoms. The summed E-state index contributed by atoms with van der Waals surface area (Å²) in [5.41, 5.74) is 12.6. The Morgan fingerprint density at radius 2 is 0.969 bits per heavy atom. The molecule has 3 aromatic carbocycles. The van der Waals surface area contributed by atoms with Crippen molar-refractivity contribution in [3.05, 3.63) is 246 Å². The summed E-state index contributed by atoms with van der Waals surface area (Å²) < 4.78 is 47.4. The molecule has 0 bridgehead atoms. The number of likely N-dealkylation sites (tertiary alicyclic amines) is 2. The molecule has 1 aliphatic carbocycles. The number of ether oxygens (including phenoxy) is 2. The third-order valence-electron chi connectivity index (χ3n) is 17.7. The number of fused-ring (bicyclic) bond motifs is 6. The lowest BCUT2D eigenvalue weighted by Gasteiger charge is -2.17. The number of benzene rings is 3. The zero-order chi connectivity index (χ0) is 64.9. The number of rotatable bonds is 14. The molecule has 0 atom stereocenters. The van der Waals surface area contributed by atoms with Gasteiger partial charge >= 0.3 is 0 Å². The SMILES string of the molecule is C1=C(c2cc(-c3ccco3)nc3ncccc23)c2ccncc2C1.Fc1ccc(Cl)cc1-c1cc(-c2ccc(OCCN3CCCC3)c3cnccc23)c2cccnc2n1.Fc1ccc(Cl)cc1-c1cc(-c2cnc(OCCN3CCCC3)c3cnccc23)c2cccnc2n1. The van der Waals surface area contributed by atoms with Gasteiger partial charge in [-0.25, -0.2) is 43.7 Å². The van der Waals surface area contributed by atoms with E-state index in [1.54, 1.807) is 61.8 Å². The fraction of sp³-hybridized carbons (Fsp3) is 0.169. The van der Waals surface area contributed by atoms with E-state index < -0.39 is 5.82 Å². The molecule has 2 aliphatic heterocycles. The number of aromatic nitrogens is 10. The molecule has 0 N–H and O–H groups in total. The molecule has 0 saturated carbocycles. The van der Waals surface area contributed by atoms with Crippen molar-refractivity contribution in [2.24, 2.45) is 0 Å². The van der Waals surface area contributed by atoms with E-state index in [4.69, 9.17) is 37.1 Å². The third kappa shape index (κ3) is 12.9. The highest BCUT2D eigenvalue weighted by Crippen LogP contribution is 2.42. The van der Waals surface area contributed by atoms with Gasteiger partial charge < -0.3 is 13.9 Å². The van der Waals surface area contributed by atoms with Crippen molar-refractivity contribution in [2.75, 3.05) is 52.5 Å². The van der Waals surface area contributed by atoms with Crippen molar-refractivity contribution >= 4 is 83.4 Å². The number of furan rings is 1. The lowest BCUT2D eigenvalue weighted by Crippen LogP contribution is -2.25. The monoisotopic (exact) mass is 1310 g/mol. The predicted molar refractivity (Wildman–Crippen MR) is 374 cm³/mol. The van der Waals surface area contributed by atoms with Gasteiger partial charge in [-0.15, -0.1) is 0 Å². The first kappa shape index (κ1) is 61.6.